The fraction of sp³-hybridized carbons (Fsp3) is 0.429. The molecule has 0 fully saturated rings. The Morgan fingerprint density at radius 3 is 2.26 bits per heavy atom. The summed E-state index contributed by atoms with van der Waals surface area (Å²) in [6, 6.07) is 5.23. The van der Waals surface area contributed by atoms with Gasteiger partial charge >= 0.3 is 6.18 Å². The maximum Gasteiger partial charge on any atom is 0.416 e. The summed E-state index contributed by atoms with van der Waals surface area (Å²) in [5.41, 5.74) is -0.583. The molecule has 0 atom stereocenters. The molecule has 0 aliphatic rings. The van der Waals surface area contributed by atoms with Gasteiger partial charge in [-0.25, -0.2) is 0 Å². The number of carbonyl (C=O) groups excluding carboxylic acids is 2. The minimum Gasteiger partial charge on any atom is -0.300 e. The van der Waals surface area contributed by atoms with Crippen LogP contribution in [-0.2, 0) is 22.2 Å². The van der Waals surface area contributed by atoms with Crippen molar-refractivity contribution < 1.29 is 22.8 Å². The molecule has 1 aromatic carbocycles. The Labute approximate surface area is 109 Å². The second-order valence-corrected chi connectivity index (χ2v) is 4.40. The number of rotatable bonds is 6. The molecule has 0 radical (unpaired) electrons. The van der Waals surface area contributed by atoms with Gasteiger partial charge in [0.05, 0.1) is 5.56 Å². The van der Waals surface area contributed by atoms with Crippen LogP contribution >= 0.6 is 0 Å². The molecule has 0 N–H and O–H groups in total. The number of alkyl halides is 3. The van der Waals surface area contributed by atoms with Crippen LogP contribution < -0.4 is 0 Å². The topological polar surface area (TPSA) is 34.1 Å². The second kappa shape index (κ2) is 6.50. The predicted octanol–water partition coefficient (Wildman–Crippen LogP) is 3.58. The van der Waals surface area contributed by atoms with Gasteiger partial charge in [0.15, 0.2) is 0 Å². The summed E-state index contributed by atoms with van der Waals surface area (Å²) in [6.07, 6.45) is -4.07. The molecule has 0 unspecified atom stereocenters. The van der Waals surface area contributed by atoms with Crippen molar-refractivity contribution in [2.24, 2.45) is 0 Å². The fourth-order valence-corrected chi connectivity index (χ4v) is 1.73. The van der Waals surface area contributed by atoms with Crippen LogP contribution in [0.3, 0.4) is 0 Å². The number of benzene rings is 1. The quantitative estimate of drug-likeness (QED) is 0.793. The first-order valence-corrected chi connectivity index (χ1v) is 5.97. The van der Waals surface area contributed by atoms with Crippen LogP contribution in [0, 0.1) is 0 Å². The summed E-state index contributed by atoms with van der Waals surface area (Å²) >= 11 is 0. The maximum atomic E-state index is 12.7. The first kappa shape index (κ1) is 15.4. The van der Waals surface area contributed by atoms with Gasteiger partial charge in [0.2, 0.25) is 0 Å². The minimum absolute atomic E-state index is 0.0281. The molecule has 1 rings (SSSR count). The highest BCUT2D eigenvalue weighted by atomic mass is 19.4. The van der Waals surface area contributed by atoms with Gasteiger partial charge in [0.25, 0.3) is 0 Å². The highest BCUT2D eigenvalue weighted by molar-refractivity contribution is 5.84. The number of aryl methyl sites for hydroxylation is 1. The van der Waals surface area contributed by atoms with Crippen molar-refractivity contribution in [3.8, 4) is 0 Å². The van der Waals surface area contributed by atoms with E-state index >= 15 is 0 Å². The Hall–Kier alpha value is -1.65. The molecule has 2 nitrogen and oxygen atoms in total. The van der Waals surface area contributed by atoms with Crippen molar-refractivity contribution in [2.45, 2.75) is 38.8 Å². The third kappa shape index (κ3) is 5.24. The summed E-state index contributed by atoms with van der Waals surface area (Å²) < 4.78 is 38.1. The molecule has 104 valence electrons. The van der Waals surface area contributed by atoms with E-state index in [0.717, 1.165) is 6.07 Å². The zero-order valence-corrected chi connectivity index (χ0v) is 10.6. The third-order valence-corrected chi connectivity index (χ3v) is 2.75. The lowest BCUT2D eigenvalue weighted by molar-refractivity contribution is -0.138. The molecule has 19 heavy (non-hydrogen) atoms. The smallest absolute Gasteiger partial charge is 0.300 e. The first-order valence-electron chi connectivity index (χ1n) is 5.97. The maximum absolute atomic E-state index is 12.7. The molecule has 0 bridgehead atoms. The monoisotopic (exact) mass is 272 g/mol. The van der Waals surface area contributed by atoms with Crippen LogP contribution in [0.15, 0.2) is 24.3 Å². The van der Waals surface area contributed by atoms with Crippen molar-refractivity contribution in [3.05, 3.63) is 35.4 Å². The third-order valence-electron chi connectivity index (χ3n) is 2.75. The molecule has 1 aromatic rings. The zero-order chi connectivity index (χ0) is 14.5. The Balaban J connectivity index is 2.63. The van der Waals surface area contributed by atoms with E-state index < -0.39 is 11.7 Å². The number of ketones is 2. The van der Waals surface area contributed by atoms with Crippen molar-refractivity contribution in [1.29, 1.82) is 0 Å². The molecule has 0 saturated heterocycles. The molecule has 0 saturated carbocycles. The number of halogens is 3. The van der Waals surface area contributed by atoms with E-state index in [0.29, 0.717) is 0 Å². The van der Waals surface area contributed by atoms with Crippen LogP contribution in [0.4, 0.5) is 13.2 Å². The van der Waals surface area contributed by atoms with Crippen LogP contribution in [0.25, 0.3) is 0 Å². The molecule has 0 amide bonds. The number of hydrogen-bond donors (Lipinski definition) is 0. The lowest BCUT2D eigenvalue weighted by Gasteiger charge is -2.12. The SMILES string of the molecule is CC(=O)CCC(=O)CCc1ccccc1C(F)(F)F. The normalized spacial score (nSPS) is 11.4. The molecule has 0 heterocycles. The van der Waals surface area contributed by atoms with Crippen LogP contribution in [-0.4, -0.2) is 11.6 Å². The van der Waals surface area contributed by atoms with Crippen LogP contribution in [0.5, 0.6) is 0 Å². The van der Waals surface area contributed by atoms with Gasteiger partial charge < -0.3 is 4.79 Å². The highest BCUT2D eigenvalue weighted by Gasteiger charge is 2.32. The first-order chi connectivity index (χ1) is 8.80. The van der Waals surface area contributed by atoms with E-state index in [4.69, 9.17) is 0 Å². The Morgan fingerprint density at radius 2 is 1.68 bits per heavy atom. The number of Topliss-reactive ketones (excluding diaryl/α,β-unsaturated/α-hetero) is 2. The van der Waals surface area contributed by atoms with Gasteiger partial charge in [-0.3, -0.25) is 4.79 Å². The van der Waals surface area contributed by atoms with Crippen LogP contribution in [0.1, 0.15) is 37.3 Å². The summed E-state index contributed by atoms with van der Waals surface area (Å²) in [6.45, 7) is 1.38. The lowest BCUT2D eigenvalue weighted by atomic mass is 9.99. The van der Waals surface area contributed by atoms with E-state index in [1.165, 1.54) is 25.1 Å². The molecular formula is C14H15F3O2. The van der Waals surface area contributed by atoms with Gasteiger partial charge in [-0.1, -0.05) is 18.2 Å². The summed E-state index contributed by atoms with van der Waals surface area (Å²) in [4.78, 5) is 22.2. The summed E-state index contributed by atoms with van der Waals surface area (Å²) in [5, 5.41) is 0. The van der Waals surface area contributed by atoms with Gasteiger partial charge in [-0.2, -0.15) is 13.2 Å². The van der Waals surface area contributed by atoms with Crippen molar-refractivity contribution in [2.75, 3.05) is 0 Å². The van der Waals surface area contributed by atoms with Gasteiger partial charge in [0, 0.05) is 19.3 Å². The van der Waals surface area contributed by atoms with E-state index in [2.05, 4.69) is 0 Å². The zero-order valence-electron chi connectivity index (χ0n) is 10.6. The van der Waals surface area contributed by atoms with E-state index in [1.807, 2.05) is 0 Å². The largest absolute Gasteiger partial charge is 0.416 e. The molecule has 0 spiro atoms. The van der Waals surface area contributed by atoms with Crippen LogP contribution in [0.2, 0.25) is 0 Å². The van der Waals surface area contributed by atoms with E-state index in [-0.39, 0.29) is 42.8 Å². The average Bonchev–Trinajstić information content (AvgIpc) is 2.33. The number of carbonyl (C=O) groups is 2. The Morgan fingerprint density at radius 1 is 1.05 bits per heavy atom. The Kier molecular flexibility index (Phi) is 5.27. The molecule has 0 aliphatic heterocycles. The molecule has 0 aliphatic carbocycles. The van der Waals surface area contributed by atoms with Gasteiger partial charge in [0.1, 0.15) is 11.6 Å². The molecular weight excluding hydrogens is 257 g/mol. The standard InChI is InChI=1S/C14H15F3O2/c1-10(18)6-8-12(19)9-7-11-4-2-3-5-13(11)14(15,16)17/h2-5H,6-9H2,1H3. The number of hydrogen-bond acceptors (Lipinski definition) is 2. The second-order valence-electron chi connectivity index (χ2n) is 4.40. The van der Waals surface area contributed by atoms with Crippen molar-refractivity contribution in [3.63, 3.8) is 0 Å². The van der Waals surface area contributed by atoms with E-state index in [9.17, 15) is 22.8 Å². The van der Waals surface area contributed by atoms with Crippen molar-refractivity contribution >= 4 is 11.6 Å². The van der Waals surface area contributed by atoms with Crippen molar-refractivity contribution in [1.82, 2.24) is 0 Å². The van der Waals surface area contributed by atoms with Gasteiger partial charge in [-0.15, -0.1) is 0 Å². The van der Waals surface area contributed by atoms with E-state index in [1.54, 1.807) is 0 Å². The Bertz CT molecular complexity index is 464. The lowest BCUT2D eigenvalue weighted by Crippen LogP contribution is -2.10. The summed E-state index contributed by atoms with van der Waals surface area (Å²) in [5.74, 6) is -0.281. The summed E-state index contributed by atoms with van der Waals surface area (Å²) in [7, 11) is 0. The predicted molar refractivity (Wildman–Crippen MR) is 64.7 cm³/mol. The average molecular weight is 272 g/mol. The van der Waals surface area contributed by atoms with Gasteiger partial charge in [-0.05, 0) is 25.0 Å². The molecule has 5 heteroatoms. The fourth-order valence-electron chi connectivity index (χ4n) is 1.73. The molecule has 0 aromatic heterocycles. The minimum atomic E-state index is -4.40. The highest BCUT2D eigenvalue weighted by Crippen LogP contribution is 2.32.